The van der Waals surface area contributed by atoms with Gasteiger partial charge in [-0.3, -0.25) is 9.59 Å². The molecule has 0 bridgehead atoms. The van der Waals surface area contributed by atoms with Gasteiger partial charge < -0.3 is 14.7 Å². The van der Waals surface area contributed by atoms with Crippen LogP contribution >= 0.6 is 0 Å². The highest BCUT2D eigenvalue weighted by Crippen LogP contribution is 2.49. The van der Waals surface area contributed by atoms with Crippen LogP contribution in [-0.4, -0.2) is 47.7 Å². The largest absolute Gasteiger partial charge is 0.480 e. The van der Waals surface area contributed by atoms with Crippen molar-refractivity contribution in [1.82, 2.24) is 4.90 Å². The molecular weight excluding hydrogens is 294 g/mol. The van der Waals surface area contributed by atoms with Crippen LogP contribution in [0.5, 0.6) is 0 Å². The van der Waals surface area contributed by atoms with E-state index in [1.165, 1.54) is 11.1 Å². The molecular formula is C18H23NO4. The van der Waals surface area contributed by atoms with Crippen LogP contribution in [0.4, 0.5) is 0 Å². The van der Waals surface area contributed by atoms with Gasteiger partial charge in [0, 0.05) is 25.2 Å². The summed E-state index contributed by atoms with van der Waals surface area (Å²) in [5.74, 6) is -0.788. The number of rotatable bonds is 5. The summed E-state index contributed by atoms with van der Waals surface area (Å²) < 4.78 is 5.33. The van der Waals surface area contributed by atoms with Crippen molar-refractivity contribution in [2.24, 2.45) is 5.92 Å². The SMILES string of the molecule is Cc1ccccc1[C@H]1C[C@@H]1C(=O)N(CC(=O)O)C1CCOCC1. The van der Waals surface area contributed by atoms with E-state index in [1.54, 1.807) is 4.90 Å². The Morgan fingerprint density at radius 3 is 2.61 bits per heavy atom. The van der Waals surface area contributed by atoms with E-state index in [4.69, 9.17) is 9.84 Å². The number of carbonyl (C=O) groups is 2. The minimum Gasteiger partial charge on any atom is -0.480 e. The number of carboxylic acids is 1. The molecule has 5 nitrogen and oxygen atoms in total. The van der Waals surface area contributed by atoms with Crippen LogP contribution in [0.25, 0.3) is 0 Å². The van der Waals surface area contributed by atoms with Gasteiger partial charge in [-0.25, -0.2) is 0 Å². The minimum absolute atomic E-state index is 0.00690. The van der Waals surface area contributed by atoms with E-state index in [1.807, 2.05) is 12.1 Å². The van der Waals surface area contributed by atoms with E-state index in [9.17, 15) is 9.59 Å². The molecule has 1 aromatic rings. The summed E-state index contributed by atoms with van der Waals surface area (Å²) in [6.07, 6.45) is 2.27. The first-order valence-electron chi connectivity index (χ1n) is 8.23. The van der Waals surface area contributed by atoms with Crippen molar-refractivity contribution in [3.63, 3.8) is 0 Å². The first kappa shape index (κ1) is 16.0. The van der Waals surface area contributed by atoms with Gasteiger partial charge in [0.1, 0.15) is 6.54 Å². The second-order valence-corrected chi connectivity index (χ2v) is 6.51. The van der Waals surface area contributed by atoms with Crippen LogP contribution in [0.2, 0.25) is 0 Å². The van der Waals surface area contributed by atoms with E-state index in [2.05, 4.69) is 19.1 Å². The van der Waals surface area contributed by atoms with E-state index in [0.29, 0.717) is 13.2 Å². The molecule has 1 aliphatic carbocycles. The molecule has 124 valence electrons. The topological polar surface area (TPSA) is 66.8 Å². The van der Waals surface area contributed by atoms with Gasteiger partial charge in [0.15, 0.2) is 0 Å². The summed E-state index contributed by atoms with van der Waals surface area (Å²) in [4.78, 5) is 25.6. The van der Waals surface area contributed by atoms with Crippen molar-refractivity contribution in [2.45, 2.75) is 38.1 Å². The van der Waals surface area contributed by atoms with Crippen LogP contribution in [0, 0.1) is 12.8 Å². The van der Waals surface area contributed by atoms with Gasteiger partial charge in [0.2, 0.25) is 5.91 Å². The summed E-state index contributed by atoms with van der Waals surface area (Å²) in [6.45, 7) is 3.04. The van der Waals surface area contributed by atoms with Crippen molar-refractivity contribution < 1.29 is 19.4 Å². The van der Waals surface area contributed by atoms with Crippen molar-refractivity contribution in [3.8, 4) is 0 Å². The van der Waals surface area contributed by atoms with E-state index in [-0.39, 0.29) is 30.3 Å². The van der Waals surface area contributed by atoms with E-state index in [0.717, 1.165) is 19.3 Å². The summed E-state index contributed by atoms with van der Waals surface area (Å²) in [6, 6.07) is 8.11. The number of benzene rings is 1. The predicted molar refractivity (Wildman–Crippen MR) is 85.2 cm³/mol. The summed E-state index contributed by atoms with van der Waals surface area (Å²) in [5, 5.41) is 9.17. The highest BCUT2D eigenvalue weighted by Gasteiger charge is 2.47. The molecule has 3 rings (SSSR count). The van der Waals surface area contributed by atoms with E-state index < -0.39 is 5.97 Å². The van der Waals surface area contributed by atoms with Gasteiger partial charge in [0.25, 0.3) is 0 Å². The molecule has 2 atom stereocenters. The number of hydrogen-bond donors (Lipinski definition) is 1. The first-order chi connectivity index (χ1) is 11.1. The zero-order valence-electron chi connectivity index (χ0n) is 13.4. The zero-order chi connectivity index (χ0) is 16.4. The molecule has 0 spiro atoms. The molecule has 23 heavy (non-hydrogen) atoms. The van der Waals surface area contributed by atoms with Gasteiger partial charge in [0.05, 0.1) is 0 Å². The Morgan fingerprint density at radius 2 is 1.96 bits per heavy atom. The lowest BCUT2D eigenvalue weighted by Crippen LogP contribution is -2.46. The van der Waals surface area contributed by atoms with Gasteiger partial charge in [-0.05, 0) is 43.2 Å². The Morgan fingerprint density at radius 1 is 1.26 bits per heavy atom. The first-order valence-corrected chi connectivity index (χ1v) is 8.23. The number of aliphatic carboxylic acids is 1. The van der Waals surface area contributed by atoms with Crippen LogP contribution < -0.4 is 0 Å². The smallest absolute Gasteiger partial charge is 0.323 e. The molecule has 5 heteroatoms. The maximum atomic E-state index is 12.9. The molecule has 2 fully saturated rings. The third-order valence-corrected chi connectivity index (χ3v) is 4.92. The summed E-state index contributed by atoms with van der Waals surface area (Å²) >= 11 is 0. The fourth-order valence-electron chi connectivity index (χ4n) is 3.56. The number of ether oxygens (including phenoxy) is 1. The van der Waals surface area contributed by atoms with Gasteiger partial charge in [-0.2, -0.15) is 0 Å². The van der Waals surface area contributed by atoms with Crippen molar-refractivity contribution in [2.75, 3.05) is 19.8 Å². The predicted octanol–water partition coefficient (Wildman–Crippen LogP) is 2.19. The molecule has 0 unspecified atom stereocenters. The van der Waals surface area contributed by atoms with Crippen molar-refractivity contribution >= 4 is 11.9 Å². The molecule has 1 amide bonds. The lowest BCUT2D eigenvalue weighted by atomic mass is 10.0. The van der Waals surface area contributed by atoms with Crippen LogP contribution in [0.3, 0.4) is 0 Å². The average Bonchev–Trinajstić information content (AvgIpc) is 3.33. The van der Waals surface area contributed by atoms with Crippen LogP contribution in [0.1, 0.15) is 36.3 Å². The lowest BCUT2D eigenvalue weighted by molar-refractivity contribution is -0.148. The Labute approximate surface area is 136 Å². The fraction of sp³-hybridized carbons (Fsp3) is 0.556. The zero-order valence-corrected chi connectivity index (χ0v) is 13.4. The quantitative estimate of drug-likeness (QED) is 0.904. The number of carboxylic acid groups (broad SMARTS) is 1. The lowest BCUT2D eigenvalue weighted by Gasteiger charge is -2.33. The highest BCUT2D eigenvalue weighted by molar-refractivity contribution is 5.86. The number of hydrogen-bond acceptors (Lipinski definition) is 3. The van der Waals surface area contributed by atoms with Gasteiger partial charge in [-0.15, -0.1) is 0 Å². The minimum atomic E-state index is -0.946. The Balaban J connectivity index is 1.71. The van der Waals surface area contributed by atoms with Crippen LogP contribution in [0.15, 0.2) is 24.3 Å². The molecule has 1 heterocycles. The number of nitrogens with zero attached hydrogens (tertiary/aromatic N) is 1. The highest BCUT2D eigenvalue weighted by atomic mass is 16.5. The number of aryl methyl sites for hydroxylation is 1. The van der Waals surface area contributed by atoms with Gasteiger partial charge >= 0.3 is 5.97 Å². The average molecular weight is 317 g/mol. The fourth-order valence-corrected chi connectivity index (χ4v) is 3.56. The molecule has 1 N–H and O–H groups in total. The third kappa shape index (κ3) is 3.55. The molecule has 2 aliphatic rings. The third-order valence-electron chi connectivity index (χ3n) is 4.92. The maximum Gasteiger partial charge on any atom is 0.323 e. The van der Waals surface area contributed by atoms with Crippen molar-refractivity contribution in [3.05, 3.63) is 35.4 Å². The Hall–Kier alpha value is -1.88. The molecule has 1 saturated carbocycles. The molecule has 0 radical (unpaired) electrons. The summed E-state index contributed by atoms with van der Waals surface area (Å²) in [5.41, 5.74) is 2.41. The summed E-state index contributed by atoms with van der Waals surface area (Å²) in [7, 11) is 0. The van der Waals surface area contributed by atoms with Gasteiger partial charge in [-0.1, -0.05) is 24.3 Å². The monoisotopic (exact) mass is 317 g/mol. The Bertz CT molecular complexity index is 594. The van der Waals surface area contributed by atoms with E-state index >= 15 is 0 Å². The van der Waals surface area contributed by atoms with Crippen LogP contribution in [-0.2, 0) is 14.3 Å². The maximum absolute atomic E-state index is 12.9. The molecule has 0 aromatic heterocycles. The normalized spacial score (nSPS) is 24.2. The number of amides is 1. The van der Waals surface area contributed by atoms with Crippen molar-refractivity contribution in [1.29, 1.82) is 0 Å². The standard InChI is InChI=1S/C18H23NO4/c1-12-4-2-3-5-14(12)15-10-16(15)18(22)19(11-17(20)21)13-6-8-23-9-7-13/h2-5,13,15-16H,6-11H2,1H3,(H,20,21)/t15-,16+/m1/s1. The Kier molecular flexibility index (Phi) is 4.66. The molecule has 1 aliphatic heterocycles. The number of carbonyl (C=O) groups excluding carboxylic acids is 1. The second-order valence-electron chi connectivity index (χ2n) is 6.51. The molecule has 1 saturated heterocycles. The second kappa shape index (κ2) is 6.71. The molecule has 1 aromatic carbocycles.